The van der Waals surface area contributed by atoms with Crippen molar-refractivity contribution in [3.63, 3.8) is 0 Å². The van der Waals surface area contributed by atoms with Crippen LogP contribution in [0.1, 0.15) is 32.3 Å². The molecule has 1 aliphatic rings. The average molecular weight is 276 g/mol. The fraction of sp³-hybridized carbons (Fsp3) is 0.562. The molecule has 0 aromatic heterocycles. The largest absolute Gasteiger partial charge is 0.508 e. The van der Waals surface area contributed by atoms with E-state index < -0.39 is 0 Å². The molecule has 1 saturated heterocycles. The van der Waals surface area contributed by atoms with E-state index >= 15 is 0 Å². The lowest BCUT2D eigenvalue weighted by Gasteiger charge is -2.33. The minimum Gasteiger partial charge on any atom is -0.508 e. The minimum absolute atomic E-state index is 0.179. The van der Waals surface area contributed by atoms with Crippen molar-refractivity contribution in [2.45, 2.75) is 45.2 Å². The number of carbonyl (C=O) groups excluding carboxylic acids is 1. The fourth-order valence-corrected chi connectivity index (χ4v) is 2.67. The third-order valence-electron chi connectivity index (χ3n) is 3.71. The molecule has 0 saturated carbocycles. The number of phenolic OH excluding ortho intramolecular Hbond substituents is 1. The maximum absolute atomic E-state index is 12.2. The Kier molecular flexibility index (Phi) is 5.01. The predicted molar refractivity (Wildman–Crippen MR) is 79.7 cm³/mol. The minimum atomic E-state index is 0.179. The van der Waals surface area contributed by atoms with Crippen LogP contribution in [0.2, 0.25) is 0 Å². The summed E-state index contributed by atoms with van der Waals surface area (Å²) in [4.78, 5) is 14.2. The molecule has 4 heteroatoms. The van der Waals surface area contributed by atoms with Gasteiger partial charge in [-0.2, -0.15) is 0 Å². The van der Waals surface area contributed by atoms with E-state index in [2.05, 4.69) is 19.2 Å². The molecule has 1 aliphatic heterocycles. The van der Waals surface area contributed by atoms with Gasteiger partial charge in [-0.1, -0.05) is 26.0 Å². The summed E-state index contributed by atoms with van der Waals surface area (Å²) in [7, 11) is 0. The van der Waals surface area contributed by atoms with Crippen molar-refractivity contribution >= 4 is 5.91 Å². The Morgan fingerprint density at radius 2 is 1.90 bits per heavy atom. The number of aromatic hydroxyl groups is 1. The van der Waals surface area contributed by atoms with Crippen LogP contribution < -0.4 is 5.32 Å². The first-order valence-electron chi connectivity index (χ1n) is 7.36. The second kappa shape index (κ2) is 6.75. The molecule has 1 heterocycles. The third kappa shape index (κ3) is 4.23. The van der Waals surface area contributed by atoms with E-state index in [1.165, 1.54) is 0 Å². The van der Waals surface area contributed by atoms with E-state index in [1.54, 1.807) is 24.3 Å². The van der Waals surface area contributed by atoms with Gasteiger partial charge in [0.2, 0.25) is 5.91 Å². The van der Waals surface area contributed by atoms with E-state index in [-0.39, 0.29) is 11.7 Å². The Morgan fingerprint density at radius 3 is 2.45 bits per heavy atom. The summed E-state index contributed by atoms with van der Waals surface area (Å²) in [5.74, 6) is 0.417. The van der Waals surface area contributed by atoms with Crippen LogP contribution in [0.15, 0.2) is 24.3 Å². The molecular weight excluding hydrogens is 252 g/mol. The van der Waals surface area contributed by atoms with Crippen molar-refractivity contribution in [3.05, 3.63) is 29.8 Å². The molecule has 1 amide bonds. The molecule has 1 fully saturated rings. The van der Waals surface area contributed by atoms with Crippen LogP contribution in [-0.4, -0.2) is 41.1 Å². The van der Waals surface area contributed by atoms with Crippen LogP contribution in [-0.2, 0) is 11.2 Å². The zero-order chi connectivity index (χ0) is 14.5. The summed E-state index contributed by atoms with van der Waals surface area (Å²) in [6.07, 6.45) is 2.47. The van der Waals surface area contributed by atoms with E-state index in [4.69, 9.17) is 0 Å². The van der Waals surface area contributed by atoms with Gasteiger partial charge < -0.3 is 15.3 Å². The van der Waals surface area contributed by atoms with Gasteiger partial charge in [-0.3, -0.25) is 4.79 Å². The number of likely N-dealkylation sites (tertiary alicyclic amines) is 1. The lowest BCUT2D eigenvalue weighted by atomic mass is 10.0. The van der Waals surface area contributed by atoms with Crippen molar-refractivity contribution in [1.29, 1.82) is 0 Å². The van der Waals surface area contributed by atoms with Crippen molar-refractivity contribution in [2.75, 3.05) is 13.1 Å². The van der Waals surface area contributed by atoms with Gasteiger partial charge in [-0.25, -0.2) is 0 Å². The van der Waals surface area contributed by atoms with E-state index in [1.807, 2.05) is 4.90 Å². The average Bonchev–Trinajstić information content (AvgIpc) is 2.41. The number of nitrogens with one attached hydrogen (secondary N) is 1. The van der Waals surface area contributed by atoms with Gasteiger partial charge in [-0.05, 0) is 30.5 Å². The molecule has 0 aliphatic carbocycles. The number of phenols is 1. The first kappa shape index (κ1) is 14.9. The number of benzene rings is 1. The monoisotopic (exact) mass is 276 g/mol. The standard InChI is InChI=1S/C16H24N2O2/c1-12(2)17-14-7-9-18(10-8-14)16(20)11-13-3-5-15(19)6-4-13/h3-6,12,14,17,19H,7-11H2,1-2H3. The van der Waals surface area contributed by atoms with E-state index in [9.17, 15) is 9.90 Å². The Bertz CT molecular complexity index is 434. The molecule has 0 spiro atoms. The van der Waals surface area contributed by atoms with Crippen LogP contribution in [0.3, 0.4) is 0 Å². The molecular formula is C16H24N2O2. The highest BCUT2D eigenvalue weighted by molar-refractivity contribution is 5.78. The Labute approximate surface area is 120 Å². The number of rotatable bonds is 4. The number of amides is 1. The Hall–Kier alpha value is -1.55. The van der Waals surface area contributed by atoms with Gasteiger partial charge in [0.1, 0.15) is 5.75 Å². The maximum atomic E-state index is 12.2. The summed E-state index contributed by atoms with van der Waals surface area (Å²) >= 11 is 0. The highest BCUT2D eigenvalue weighted by Crippen LogP contribution is 2.14. The molecule has 4 nitrogen and oxygen atoms in total. The van der Waals surface area contributed by atoms with Crippen molar-refractivity contribution < 1.29 is 9.90 Å². The summed E-state index contributed by atoms with van der Waals surface area (Å²) in [6.45, 7) is 5.98. The number of hydrogen-bond donors (Lipinski definition) is 2. The second-order valence-electron chi connectivity index (χ2n) is 5.82. The number of piperidine rings is 1. The normalized spacial score (nSPS) is 16.6. The summed E-state index contributed by atoms with van der Waals surface area (Å²) < 4.78 is 0. The predicted octanol–water partition coefficient (Wildman–Crippen LogP) is 1.92. The fourth-order valence-electron chi connectivity index (χ4n) is 2.67. The zero-order valence-electron chi connectivity index (χ0n) is 12.3. The molecule has 0 radical (unpaired) electrons. The van der Waals surface area contributed by atoms with Gasteiger partial charge in [0, 0.05) is 25.2 Å². The van der Waals surface area contributed by atoms with Gasteiger partial charge in [0.15, 0.2) is 0 Å². The number of nitrogens with zero attached hydrogens (tertiary/aromatic N) is 1. The van der Waals surface area contributed by atoms with Crippen molar-refractivity contribution in [3.8, 4) is 5.75 Å². The molecule has 2 N–H and O–H groups in total. The molecule has 0 atom stereocenters. The first-order chi connectivity index (χ1) is 9.54. The first-order valence-corrected chi connectivity index (χ1v) is 7.36. The van der Waals surface area contributed by atoms with Gasteiger partial charge >= 0.3 is 0 Å². The van der Waals surface area contributed by atoms with Crippen LogP contribution in [0.5, 0.6) is 5.75 Å². The molecule has 20 heavy (non-hydrogen) atoms. The van der Waals surface area contributed by atoms with Crippen molar-refractivity contribution in [1.82, 2.24) is 10.2 Å². The quantitative estimate of drug-likeness (QED) is 0.883. The lowest BCUT2D eigenvalue weighted by molar-refractivity contribution is -0.131. The highest BCUT2D eigenvalue weighted by Gasteiger charge is 2.22. The van der Waals surface area contributed by atoms with E-state index in [0.29, 0.717) is 18.5 Å². The highest BCUT2D eigenvalue weighted by atomic mass is 16.3. The Morgan fingerprint density at radius 1 is 1.30 bits per heavy atom. The summed E-state index contributed by atoms with van der Waals surface area (Å²) in [5, 5.41) is 12.8. The second-order valence-corrected chi connectivity index (χ2v) is 5.82. The van der Waals surface area contributed by atoms with E-state index in [0.717, 1.165) is 31.5 Å². The lowest BCUT2D eigenvalue weighted by Crippen LogP contribution is -2.47. The molecule has 0 unspecified atom stereocenters. The molecule has 0 bridgehead atoms. The topological polar surface area (TPSA) is 52.6 Å². The van der Waals surface area contributed by atoms with Crippen molar-refractivity contribution in [2.24, 2.45) is 0 Å². The van der Waals surface area contributed by atoms with Crippen LogP contribution in [0.4, 0.5) is 0 Å². The zero-order valence-corrected chi connectivity index (χ0v) is 12.3. The molecule has 2 rings (SSSR count). The Balaban J connectivity index is 1.81. The van der Waals surface area contributed by atoms with Gasteiger partial charge in [0.05, 0.1) is 6.42 Å². The summed E-state index contributed by atoms with van der Waals surface area (Å²) in [6, 6.07) is 7.90. The van der Waals surface area contributed by atoms with Crippen LogP contribution in [0.25, 0.3) is 0 Å². The summed E-state index contributed by atoms with van der Waals surface area (Å²) in [5.41, 5.74) is 0.954. The van der Waals surface area contributed by atoms with Gasteiger partial charge in [0.25, 0.3) is 0 Å². The smallest absolute Gasteiger partial charge is 0.226 e. The molecule has 110 valence electrons. The number of carbonyl (C=O) groups is 1. The molecule has 1 aromatic rings. The maximum Gasteiger partial charge on any atom is 0.226 e. The number of hydrogen-bond acceptors (Lipinski definition) is 3. The molecule has 1 aromatic carbocycles. The van der Waals surface area contributed by atoms with Gasteiger partial charge in [-0.15, -0.1) is 0 Å². The van der Waals surface area contributed by atoms with Crippen LogP contribution >= 0.6 is 0 Å². The SMILES string of the molecule is CC(C)NC1CCN(C(=O)Cc2ccc(O)cc2)CC1. The third-order valence-corrected chi connectivity index (χ3v) is 3.71. The van der Waals surface area contributed by atoms with Crippen LogP contribution in [0, 0.1) is 0 Å².